The Hall–Kier alpha value is -2.34. The van der Waals surface area contributed by atoms with Gasteiger partial charge in [0.05, 0.1) is 6.61 Å². The van der Waals surface area contributed by atoms with Gasteiger partial charge < -0.3 is 9.47 Å². The highest BCUT2D eigenvalue weighted by atomic mass is 32.1. The van der Waals surface area contributed by atoms with Crippen molar-refractivity contribution in [2.45, 2.75) is 13.8 Å². The number of nitrogens with one attached hydrogen (secondary N) is 1. The molecule has 0 saturated carbocycles. The maximum Gasteiger partial charge on any atom is 0.411 e. The number of aryl methyl sites for hydroxylation is 1. The van der Waals surface area contributed by atoms with E-state index in [1.165, 1.54) is 11.3 Å². The van der Waals surface area contributed by atoms with Crippen LogP contribution in [-0.2, 0) is 4.74 Å². The predicted molar refractivity (Wildman–Crippen MR) is 81.1 cm³/mol. The number of esters is 1. The molecule has 1 N–H and O–H groups in total. The van der Waals surface area contributed by atoms with Crippen molar-refractivity contribution >= 4 is 29.1 Å². The minimum Gasteiger partial charge on any atom is -0.450 e. The van der Waals surface area contributed by atoms with E-state index in [0.29, 0.717) is 16.3 Å². The third kappa shape index (κ3) is 4.32. The Bertz CT molecular complexity index is 651. The maximum atomic E-state index is 11.9. The van der Waals surface area contributed by atoms with Gasteiger partial charge in [0, 0.05) is 16.6 Å². The molecule has 0 aliphatic heterocycles. The summed E-state index contributed by atoms with van der Waals surface area (Å²) < 4.78 is 10.1. The molecule has 1 heterocycles. The number of rotatable bonds is 4. The van der Waals surface area contributed by atoms with Crippen LogP contribution in [0.4, 0.5) is 10.5 Å². The van der Waals surface area contributed by atoms with Crippen LogP contribution in [0, 0.1) is 6.92 Å². The van der Waals surface area contributed by atoms with Crippen molar-refractivity contribution in [2.75, 3.05) is 11.9 Å². The zero-order valence-corrected chi connectivity index (χ0v) is 12.5. The van der Waals surface area contributed by atoms with Gasteiger partial charge in [0.25, 0.3) is 0 Å². The fraction of sp³-hybridized carbons (Fsp3) is 0.200. The highest BCUT2D eigenvalue weighted by Gasteiger charge is 2.11. The normalized spacial score (nSPS) is 10.0. The van der Waals surface area contributed by atoms with E-state index in [4.69, 9.17) is 9.47 Å². The number of amides is 1. The number of hydrogen-bond donors (Lipinski definition) is 1. The van der Waals surface area contributed by atoms with Gasteiger partial charge in [0.2, 0.25) is 0 Å². The summed E-state index contributed by atoms with van der Waals surface area (Å²) in [6.45, 7) is 3.93. The zero-order chi connectivity index (χ0) is 15.2. The average Bonchev–Trinajstić information content (AvgIpc) is 2.86. The van der Waals surface area contributed by atoms with Crippen molar-refractivity contribution in [3.8, 4) is 5.75 Å². The quantitative estimate of drug-likeness (QED) is 0.688. The largest absolute Gasteiger partial charge is 0.450 e. The SMILES string of the molecule is CCOC(=O)Nc1cccc(OC(=O)c2ccc(C)s2)c1. The van der Waals surface area contributed by atoms with E-state index in [1.807, 2.05) is 13.0 Å². The van der Waals surface area contributed by atoms with E-state index < -0.39 is 12.1 Å². The number of thiophene rings is 1. The van der Waals surface area contributed by atoms with Gasteiger partial charge in [-0.15, -0.1) is 11.3 Å². The summed E-state index contributed by atoms with van der Waals surface area (Å²) in [5, 5.41) is 2.55. The number of hydrogen-bond acceptors (Lipinski definition) is 5. The van der Waals surface area contributed by atoms with Crippen LogP contribution in [0.25, 0.3) is 0 Å². The lowest BCUT2D eigenvalue weighted by Gasteiger charge is -2.07. The van der Waals surface area contributed by atoms with E-state index in [9.17, 15) is 9.59 Å². The van der Waals surface area contributed by atoms with Crippen molar-refractivity contribution in [3.05, 3.63) is 46.2 Å². The molecule has 0 radical (unpaired) electrons. The van der Waals surface area contributed by atoms with Gasteiger partial charge in [-0.1, -0.05) is 6.07 Å². The Morgan fingerprint density at radius 2 is 2.05 bits per heavy atom. The van der Waals surface area contributed by atoms with E-state index in [1.54, 1.807) is 37.3 Å². The molecule has 0 unspecified atom stereocenters. The maximum absolute atomic E-state index is 11.9. The van der Waals surface area contributed by atoms with E-state index in [-0.39, 0.29) is 6.61 Å². The van der Waals surface area contributed by atoms with Crippen LogP contribution in [0.3, 0.4) is 0 Å². The van der Waals surface area contributed by atoms with Crippen molar-refractivity contribution in [1.82, 2.24) is 0 Å². The molecule has 6 heteroatoms. The smallest absolute Gasteiger partial charge is 0.411 e. The first-order valence-corrected chi connectivity index (χ1v) is 7.22. The molecule has 110 valence electrons. The average molecular weight is 305 g/mol. The monoisotopic (exact) mass is 305 g/mol. The lowest BCUT2D eigenvalue weighted by Crippen LogP contribution is -2.13. The number of carbonyl (C=O) groups excluding carboxylic acids is 2. The lowest BCUT2D eigenvalue weighted by molar-refractivity contribution is 0.0740. The predicted octanol–water partition coefficient (Wildman–Crippen LogP) is 3.84. The van der Waals surface area contributed by atoms with Gasteiger partial charge in [-0.25, -0.2) is 9.59 Å². The van der Waals surface area contributed by atoms with Gasteiger partial charge in [0.15, 0.2) is 0 Å². The second kappa shape index (κ2) is 6.90. The minimum atomic E-state index is -0.546. The highest BCUT2D eigenvalue weighted by Crippen LogP contribution is 2.21. The van der Waals surface area contributed by atoms with Gasteiger partial charge in [-0.2, -0.15) is 0 Å². The molecule has 1 amide bonds. The Kier molecular flexibility index (Phi) is 4.94. The molecule has 0 aliphatic carbocycles. The van der Waals surface area contributed by atoms with E-state index in [2.05, 4.69) is 5.32 Å². The molecule has 0 bridgehead atoms. The Morgan fingerprint density at radius 1 is 1.24 bits per heavy atom. The summed E-state index contributed by atoms with van der Waals surface area (Å²) in [7, 11) is 0. The van der Waals surface area contributed by atoms with Crippen LogP contribution >= 0.6 is 11.3 Å². The molecule has 0 atom stereocenters. The molecule has 5 nitrogen and oxygen atoms in total. The fourth-order valence-corrected chi connectivity index (χ4v) is 2.37. The first-order valence-electron chi connectivity index (χ1n) is 6.41. The summed E-state index contributed by atoms with van der Waals surface area (Å²) in [6, 6.07) is 10.2. The summed E-state index contributed by atoms with van der Waals surface area (Å²) in [5.74, 6) is -0.0539. The van der Waals surface area contributed by atoms with Crippen molar-refractivity contribution in [3.63, 3.8) is 0 Å². The van der Waals surface area contributed by atoms with Crippen LogP contribution in [-0.4, -0.2) is 18.7 Å². The molecular weight excluding hydrogens is 290 g/mol. The second-order valence-corrected chi connectivity index (χ2v) is 5.46. The standard InChI is InChI=1S/C15H15NO4S/c1-3-19-15(18)16-11-5-4-6-12(9-11)20-14(17)13-8-7-10(2)21-13/h4-9H,3H2,1-2H3,(H,16,18). The Balaban J connectivity index is 2.04. The van der Waals surface area contributed by atoms with Gasteiger partial charge in [-0.3, -0.25) is 5.32 Å². The Labute approximate surface area is 126 Å². The van der Waals surface area contributed by atoms with Crippen molar-refractivity contribution in [1.29, 1.82) is 0 Å². The molecule has 1 aromatic heterocycles. The van der Waals surface area contributed by atoms with Crippen LogP contribution in [0.5, 0.6) is 5.75 Å². The molecule has 2 rings (SSSR count). The van der Waals surface area contributed by atoms with E-state index >= 15 is 0 Å². The van der Waals surface area contributed by atoms with Gasteiger partial charge in [-0.05, 0) is 38.1 Å². The van der Waals surface area contributed by atoms with Crippen LogP contribution < -0.4 is 10.1 Å². The Morgan fingerprint density at radius 3 is 2.71 bits per heavy atom. The second-order valence-electron chi connectivity index (χ2n) is 4.17. The number of benzene rings is 1. The third-order valence-electron chi connectivity index (χ3n) is 2.51. The summed E-state index contributed by atoms with van der Waals surface area (Å²) in [5.41, 5.74) is 0.501. The third-order valence-corrected chi connectivity index (χ3v) is 3.49. The first-order chi connectivity index (χ1) is 10.1. The topological polar surface area (TPSA) is 64.6 Å². The molecule has 2 aromatic rings. The number of carbonyl (C=O) groups is 2. The lowest BCUT2D eigenvalue weighted by atomic mass is 10.3. The van der Waals surface area contributed by atoms with Gasteiger partial charge in [0.1, 0.15) is 10.6 Å². The highest BCUT2D eigenvalue weighted by molar-refractivity contribution is 7.13. The molecular formula is C15H15NO4S. The van der Waals surface area contributed by atoms with Crippen LogP contribution in [0.15, 0.2) is 36.4 Å². The summed E-state index contributed by atoms with van der Waals surface area (Å²) in [6.07, 6.45) is -0.546. The molecule has 21 heavy (non-hydrogen) atoms. The van der Waals surface area contributed by atoms with Crippen molar-refractivity contribution in [2.24, 2.45) is 0 Å². The zero-order valence-electron chi connectivity index (χ0n) is 11.7. The van der Waals surface area contributed by atoms with E-state index in [0.717, 1.165) is 4.88 Å². The minimum absolute atomic E-state index is 0.290. The fourth-order valence-electron chi connectivity index (χ4n) is 1.62. The van der Waals surface area contributed by atoms with Crippen LogP contribution in [0.1, 0.15) is 21.5 Å². The molecule has 0 fully saturated rings. The van der Waals surface area contributed by atoms with Crippen LogP contribution in [0.2, 0.25) is 0 Å². The number of anilines is 1. The molecule has 0 spiro atoms. The van der Waals surface area contributed by atoms with Gasteiger partial charge >= 0.3 is 12.1 Å². The summed E-state index contributed by atoms with van der Waals surface area (Å²) >= 11 is 1.37. The molecule has 1 aromatic carbocycles. The number of ether oxygens (including phenoxy) is 2. The molecule has 0 aliphatic rings. The molecule has 0 saturated heterocycles. The van der Waals surface area contributed by atoms with Crippen molar-refractivity contribution < 1.29 is 19.1 Å². The summed E-state index contributed by atoms with van der Waals surface area (Å²) in [4.78, 5) is 24.8. The first kappa shape index (κ1) is 15.1.